The van der Waals surface area contributed by atoms with Gasteiger partial charge in [0.15, 0.2) is 0 Å². The van der Waals surface area contributed by atoms with E-state index in [1.807, 2.05) is 4.91 Å². The fourth-order valence-corrected chi connectivity index (χ4v) is 0. The van der Waals surface area contributed by atoms with Gasteiger partial charge in [-0.05, 0) is 0 Å². The zero-order chi connectivity index (χ0) is 11.7. The number of nitrogens with one attached hydrogen (secondary N) is 2. The highest BCUT2D eigenvalue weighted by molar-refractivity contribution is 7.45. The maximum Gasteiger partial charge on any atom is 0.466 e. The Kier molecular flexibility index (Phi) is 11.5. The molecular weight excluding hydrogens is 232 g/mol. The molecule has 7 N–H and O–H groups in total. The lowest BCUT2D eigenvalue weighted by Gasteiger charge is -2.01. The molecule has 0 aliphatic rings. The van der Waals surface area contributed by atoms with E-state index in [-0.39, 0.29) is 0 Å². The van der Waals surface area contributed by atoms with E-state index in [4.69, 9.17) is 49.6 Å². The minimum absolute atomic E-state index is 2.00. The van der Waals surface area contributed by atoms with Gasteiger partial charge in [0.2, 0.25) is 4.91 Å². The topological polar surface area (TPSA) is 220 Å². The highest BCUT2D eigenvalue weighted by atomic mass is 31.2. The first kappa shape index (κ1) is 18.3. The maximum absolute atomic E-state index is 8.88. The largest absolute Gasteiger partial charge is 0.756 e. The molecule has 0 amide bonds. The van der Waals surface area contributed by atoms with Crippen molar-refractivity contribution in [1.82, 2.24) is 4.91 Å². The first-order valence-corrected chi connectivity index (χ1v) is 5.09. The molecule has 0 radical (unpaired) electrons. The fraction of sp³-hybridized carbons (Fsp3) is 0. The van der Waals surface area contributed by atoms with E-state index >= 15 is 0 Å². The molecule has 0 unspecified atom stereocenters. The van der Waals surface area contributed by atoms with Crippen LogP contribution in [0.5, 0.6) is 0 Å². The number of phosphoric acid groups is 2. The van der Waals surface area contributed by atoms with Crippen LogP contribution in [0.1, 0.15) is 0 Å². The lowest BCUT2D eigenvalue weighted by atomic mass is 13.0. The molecule has 0 saturated carbocycles. The number of nitrogens with zero attached hydrogens (tertiary/aromatic N) is 1. The van der Waals surface area contributed by atoms with Gasteiger partial charge in [-0.3, -0.25) is 4.57 Å². The highest BCUT2D eigenvalue weighted by Gasteiger charge is 2.00. The van der Waals surface area contributed by atoms with Crippen LogP contribution in [-0.4, -0.2) is 24.5 Å². The van der Waals surface area contributed by atoms with Crippen molar-refractivity contribution in [3.63, 3.8) is 0 Å². The van der Waals surface area contributed by atoms with Gasteiger partial charge >= 0.3 is 7.82 Å². The molecule has 0 aliphatic carbocycles. The summed E-state index contributed by atoms with van der Waals surface area (Å²) < 4.78 is 17.7. The van der Waals surface area contributed by atoms with E-state index in [0.29, 0.717) is 0 Å². The molecular formula is H7N3O8P2. The standard InChI is InChI=1S/H2N3.2H3O4P/c1-3-2;2*1-5(2,3)4/h1-2H;2*(H3,1,2,3,4)/q+1;;/p-1. The summed E-state index contributed by atoms with van der Waals surface area (Å²) in [4.78, 5) is 46.5. The predicted octanol–water partition coefficient (Wildman–Crippen LogP) is -2.37. The van der Waals surface area contributed by atoms with Gasteiger partial charge in [0.05, 0.1) is 0 Å². The minimum Gasteiger partial charge on any atom is -0.756 e. The summed E-state index contributed by atoms with van der Waals surface area (Å²) in [6.07, 6.45) is 0. The molecule has 0 bridgehead atoms. The third kappa shape index (κ3) is 4740. The lowest BCUT2D eigenvalue weighted by molar-refractivity contribution is -0.214. The van der Waals surface area contributed by atoms with E-state index in [2.05, 4.69) is 0 Å². The molecule has 0 rings (SSSR count). The molecule has 0 aromatic rings. The van der Waals surface area contributed by atoms with E-state index in [0.717, 1.165) is 0 Å². The predicted molar refractivity (Wildman–Crippen MR) is 33.9 cm³/mol. The molecule has 80 valence electrons. The normalized spacial score (nSPS) is 9.69. The Labute approximate surface area is 71.2 Å². The van der Waals surface area contributed by atoms with Gasteiger partial charge in [-0.15, -0.1) is 0 Å². The van der Waals surface area contributed by atoms with Crippen LogP contribution in [0, 0.1) is 11.1 Å². The van der Waals surface area contributed by atoms with Gasteiger partial charge in [0.25, 0.3) is 7.82 Å². The summed E-state index contributed by atoms with van der Waals surface area (Å²) in [6, 6.07) is 0. The average molecular weight is 239 g/mol. The number of hydrogen-bond acceptors (Lipinski definition) is 5. The second kappa shape index (κ2) is 8.14. The zero-order valence-corrected chi connectivity index (χ0v) is 7.59. The summed E-state index contributed by atoms with van der Waals surface area (Å²) in [6.45, 7) is 0. The fourth-order valence-electron chi connectivity index (χ4n) is 0. The van der Waals surface area contributed by atoms with Crippen molar-refractivity contribution in [2.24, 2.45) is 0 Å². The summed E-state index contributed by atoms with van der Waals surface area (Å²) in [7, 11) is -9.53. The van der Waals surface area contributed by atoms with E-state index < -0.39 is 15.6 Å². The van der Waals surface area contributed by atoms with Gasteiger partial charge in [0, 0.05) is 0 Å². The van der Waals surface area contributed by atoms with Crippen LogP contribution in [0.2, 0.25) is 0 Å². The Balaban J connectivity index is -0.000000120. The van der Waals surface area contributed by atoms with Crippen LogP contribution in [-0.2, 0) is 9.13 Å². The third-order valence-electron chi connectivity index (χ3n) is 0. The van der Waals surface area contributed by atoms with E-state index in [1.54, 1.807) is 0 Å². The maximum atomic E-state index is 8.88. The molecule has 0 aliphatic heterocycles. The Hall–Kier alpha value is -0.470. The van der Waals surface area contributed by atoms with E-state index in [1.165, 1.54) is 0 Å². The van der Waals surface area contributed by atoms with E-state index in [9.17, 15) is 0 Å². The van der Waals surface area contributed by atoms with Crippen molar-refractivity contribution in [3.8, 4) is 0 Å². The molecule has 13 heteroatoms. The van der Waals surface area contributed by atoms with Crippen molar-refractivity contribution in [2.75, 3.05) is 0 Å². The van der Waals surface area contributed by atoms with Gasteiger partial charge in [-0.1, -0.05) is 0 Å². The first-order valence-electron chi connectivity index (χ1n) is 1.99. The van der Waals surface area contributed by atoms with Crippen molar-refractivity contribution in [1.29, 1.82) is 11.1 Å². The van der Waals surface area contributed by atoms with Crippen LogP contribution < -0.4 is 9.81 Å². The molecule has 0 aromatic heterocycles. The quantitative estimate of drug-likeness (QED) is 0.137. The minimum atomic E-state index is -4.89. The van der Waals surface area contributed by atoms with Gasteiger partial charge in [-0.25, -0.2) is 4.57 Å². The molecule has 13 heavy (non-hydrogen) atoms. The van der Waals surface area contributed by atoms with Crippen molar-refractivity contribution < 1.29 is 38.5 Å². The Morgan fingerprint density at radius 3 is 1.00 bits per heavy atom. The Bertz CT molecular complexity index is 191. The average Bonchev–Trinajstić information content (AvgIpc) is 1.52. The third-order valence-corrected chi connectivity index (χ3v) is 0. The number of hydrogen-bond donors (Lipinski definition) is 7. The monoisotopic (exact) mass is 239 g/mol. The molecule has 0 fully saturated rings. The second-order valence-corrected chi connectivity index (χ2v) is 3.12. The first-order chi connectivity index (χ1) is 5.41. The highest BCUT2D eigenvalue weighted by Crippen LogP contribution is 2.25. The summed E-state index contributed by atoms with van der Waals surface area (Å²) >= 11 is 0. The SMILES string of the molecule is N=[N+]=N.O=P(O)(O)O.O=P([O-])(O)O. The zero-order valence-electron chi connectivity index (χ0n) is 5.80. The van der Waals surface area contributed by atoms with Crippen molar-refractivity contribution >= 4 is 15.6 Å². The summed E-state index contributed by atoms with van der Waals surface area (Å²) in [5, 5.41) is 0. The van der Waals surface area contributed by atoms with Crippen molar-refractivity contribution in [3.05, 3.63) is 0 Å². The van der Waals surface area contributed by atoms with Crippen LogP contribution in [0.3, 0.4) is 0 Å². The van der Waals surface area contributed by atoms with Crippen LogP contribution in [0.4, 0.5) is 0 Å². The summed E-state index contributed by atoms with van der Waals surface area (Å²) in [5.74, 6) is 0. The Morgan fingerprint density at radius 2 is 1.00 bits per heavy atom. The molecule has 0 aromatic carbocycles. The Morgan fingerprint density at radius 1 is 1.00 bits per heavy atom. The van der Waals surface area contributed by atoms with Gasteiger partial charge in [0.1, 0.15) is 11.1 Å². The molecule has 0 saturated heterocycles. The van der Waals surface area contributed by atoms with Crippen LogP contribution in [0.25, 0.3) is 0 Å². The lowest BCUT2D eigenvalue weighted by Crippen LogP contribution is -1.94. The summed E-state index contributed by atoms with van der Waals surface area (Å²) in [5.41, 5.74) is 11.0. The number of rotatable bonds is 0. The molecule has 0 atom stereocenters. The smallest absolute Gasteiger partial charge is 0.466 e. The molecule has 11 nitrogen and oxygen atoms in total. The van der Waals surface area contributed by atoms with Gasteiger partial charge in [-0.2, -0.15) is 0 Å². The van der Waals surface area contributed by atoms with Crippen LogP contribution >= 0.6 is 15.6 Å². The van der Waals surface area contributed by atoms with Gasteiger partial charge < -0.3 is 29.4 Å². The molecule has 0 heterocycles. The second-order valence-electron chi connectivity index (χ2n) is 1.12. The van der Waals surface area contributed by atoms with Crippen molar-refractivity contribution in [2.45, 2.75) is 0 Å². The molecule has 0 spiro atoms. The van der Waals surface area contributed by atoms with Crippen LogP contribution in [0.15, 0.2) is 0 Å².